The van der Waals surface area contributed by atoms with Crippen molar-refractivity contribution in [3.8, 4) is 10.4 Å². The van der Waals surface area contributed by atoms with Gasteiger partial charge in [0.15, 0.2) is 10.8 Å². The van der Waals surface area contributed by atoms with Gasteiger partial charge in [0.25, 0.3) is 5.91 Å². The lowest BCUT2D eigenvalue weighted by Crippen LogP contribution is -2.48. The van der Waals surface area contributed by atoms with Crippen LogP contribution in [0.15, 0.2) is 73.1 Å². The smallest absolute Gasteiger partial charge is 0.405 e. The van der Waals surface area contributed by atoms with Crippen LogP contribution < -0.4 is 10.6 Å². The van der Waals surface area contributed by atoms with Crippen molar-refractivity contribution in [3.05, 3.63) is 78.6 Å². The molecular formula is C25H23N5O4S. The zero-order valence-electron chi connectivity index (χ0n) is 18.6. The van der Waals surface area contributed by atoms with E-state index in [2.05, 4.69) is 15.6 Å². The molecular weight excluding hydrogens is 466 g/mol. The van der Waals surface area contributed by atoms with E-state index >= 15 is 0 Å². The Labute approximate surface area is 205 Å². The molecule has 1 aliphatic heterocycles. The summed E-state index contributed by atoms with van der Waals surface area (Å²) >= 11 is 1.52. The monoisotopic (exact) mass is 489 g/mol. The van der Waals surface area contributed by atoms with Gasteiger partial charge in [0.2, 0.25) is 5.91 Å². The van der Waals surface area contributed by atoms with E-state index in [-0.39, 0.29) is 5.91 Å². The summed E-state index contributed by atoms with van der Waals surface area (Å²) in [5.41, 5.74) is 1.62. The molecule has 2 atom stereocenters. The number of nitrogens with zero attached hydrogens (tertiary/aromatic N) is 3. The molecule has 5 rings (SSSR count). The molecule has 1 saturated heterocycles. The number of imidazole rings is 1. The number of anilines is 1. The van der Waals surface area contributed by atoms with Gasteiger partial charge in [-0.1, -0.05) is 72.0 Å². The standard InChI is InChI=1S/C25H23N5O4S/c31-22(26-20-15-29-14-19(35-24(29)27-20)16-8-3-1-4-9-16)18-12-7-13-30(18)23(32)21(28-25(33)34)17-10-5-2-6-11-17/h1-6,8-11,14-15,18,21,28H,7,12-13H2,(H,26,31)(H,33,34)/t18-,21+/m0/s1. The number of fused-ring (bicyclic) bond motifs is 1. The molecule has 3 N–H and O–H groups in total. The number of thiazole rings is 1. The molecule has 3 amide bonds. The fraction of sp³-hybridized carbons (Fsp3) is 0.200. The van der Waals surface area contributed by atoms with Crippen LogP contribution in [0.4, 0.5) is 10.6 Å². The average molecular weight is 490 g/mol. The maximum Gasteiger partial charge on any atom is 0.405 e. The fourth-order valence-corrected chi connectivity index (χ4v) is 5.30. The number of nitrogens with one attached hydrogen (secondary N) is 2. The summed E-state index contributed by atoms with van der Waals surface area (Å²) in [6.07, 6.45) is 3.55. The summed E-state index contributed by atoms with van der Waals surface area (Å²) in [5.74, 6) is -0.384. The molecule has 1 aliphatic rings. The number of carbonyl (C=O) groups excluding carboxylic acids is 2. The molecule has 2 aromatic carbocycles. The molecule has 2 aromatic heterocycles. The zero-order valence-corrected chi connectivity index (χ0v) is 19.4. The summed E-state index contributed by atoms with van der Waals surface area (Å²) in [7, 11) is 0. The molecule has 9 nitrogen and oxygen atoms in total. The molecule has 10 heteroatoms. The van der Waals surface area contributed by atoms with Gasteiger partial charge >= 0.3 is 6.09 Å². The maximum atomic E-state index is 13.3. The second-order valence-electron chi connectivity index (χ2n) is 8.25. The molecule has 3 heterocycles. The van der Waals surface area contributed by atoms with E-state index in [1.54, 1.807) is 36.5 Å². The van der Waals surface area contributed by atoms with Crippen molar-refractivity contribution in [2.24, 2.45) is 0 Å². The fourth-order valence-electron chi connectivity index (χ4n) is 4.33. The summed E-state index contributed by atoms with van der Waals surface area (Å²) in [6, 6.07) is 16.8. The summed E-state index contributed by atoms with van der Waals surface area (Å²) in [5, 5.41) is 14.4. The molecule has 0 radical (unpaired) electrons. The highest BCUT2D eigenvalue weighted by molar-refractivity contribution is 7.20. The van der Waals surface area contributed by atoms with Gasteiger partial charge < -0.3 is 20.6 Å². The molecule has 0 spiro atoms. The second kappa shape index (κ2) is 9.59. The third kappa shape index (κ3) is 4.73. The Balaban J connectivity index is 1.31. The normalized spacial score (nSPS) is 16.2. The Kier molecular flexibility index (Phi) is 6.19. The number of carbonyl (C=O) groups is 3. The predicted molar refractivity (Wildman–Crippen MR) is 132 cm³/mol. The van der Waals surface area contributed by atoms with Gasteiger partial charge in [-0.2, -0.15) is 0 Å². The van der Waals surface area contributed by atoms with Crippen LogP contribution in [-0.4, -0.2) is 49.9 Å². The van der Waals surface area contributed by atoms with Crippen LogP contribution in [-0.2, 0) is 9.59 Å². The van der Waals surface area contributed by atoms with Crippen molar-refractivity contribution in [1.29, 1.82) is 0 Å². The third-order valence-corrected chi connectivity index (χ3v) is 7.00. The van der Waals surface area contributed by atoms with Crippen molar-refractivity contribution in [1.82, 2.24) is 19.6 Å². The quantitative estimate of drug-likeness (QED) is 0.379. The number of benzene rings is 2. The Morgan fingerprint density at radius 2 is 1.74 bits per heavy atom. The minimum atomic E-state index is -1.31. The zero-order chi connectivity index (χ0) is 24.4. The van der Waals surface area contributed by atoms with Crippen molar-refractivity contribution in [2.75, 3.05) is 11.9 Å². The molecule has 0 bridgehead atoms. The molecule has 0 aliphatic carbocycles. The highest BCUT2D eigenvalue weighted by Crippen LogP contribution is 2.30. The van der Waals surface area contributed by atoms with Crippen molar-refractivity contribution in [3.63, 3.8) is 0 Å². The number of amides is 3. The van der Waals surface area contributed by atoms with Crippen LogP contribution in [0.1, 0.15) is 24.4 Å². The van der Waals surface area contributed by atoms with Gasteiger partial charge in [0.1, 0.15) is 12.1 Å². The number of hydrogen-bond donors (Lipinski definition) is 3. The van der Waals surface area contributed by atoms with E-state index in [9.17, 15) is 19.5 Å². The minimum Gasteiger partial charge on any atom is -0.465 e. The summed E-state index contributed by atoms with van der Waals surface area (Å²) in [6.45, 7) is 0.375. The molecule has 178 valence electrons. The number of carboxylic acid groups (broad SMARTS) is 1. The molecule has 0 saturated carbocycles. The van der Waals surface area contributed by atoms with E-state index in [1.165, 1.54) is 16.2 Å². The highest BCUT2D eigenvalue weighted by Gasteiger charge is 2.38. The van der Waals surface area contributed by atoms with Crippen molar-refractivity contribution < 1.29 is 19.5 Å². The molecule has 35 heavy (non-hydrogen) atoms. The minimum absolute atomic E-state index is 0.341. The topological polar surface area (TPSA) is 116 Å². The number of hydrogen-bond acceptors (Lipinski definition) is 5. The van der Waals surface area contributed by atoms with E-state index in [1.807, 2.05) is 40.9 Å². The third-order valence-electron chi connectivity index (χ3n) is 5.95. The van der Waals surface area contributed by atoms with E-state index in [4.69, 9.17) is 0 Å². The van der Waals surface area contributed by atoms with E-state index < -0.39 is 24.1 Å². The maximum absolute atomic E-state index is 13.3. The lowest BCUT2D eigenvalue weighted by atomic mass is 10.1. The Bertz CT molecular complexity index is 1340. The average Bonchev–Trinajstić information content (AvgIpc) is 3.58. The van der Waals surface area contributed by atoms with Crippen LogP contribution in [0.25, 0.3) is 15.4 Å². The van der Waals surface area contributed by atoms with Crippen LogP contribution >= 0.6 is 11.3 Å². The van der Waals surface area contributed by atoms with Gasteiger partial charge in [-0.05, 0) is 24.0 Å². The SMILES string of the molecule is O=C(O)N[C@@H](C(=O)N1CCC[C@H]1C(=O)Nc1cn2cc(-c3ccccc3)sc2n1)c1ccccc1. The lowest BCUT2D eigenvalue weighted by molar-refractivity contribution is -0.138. The van der Waals surface area contributed by atoms with Crippen molar-refractivity contribution in [2.45, 2.75) is 24.9 Å². The van der Waals surface area contributed by atoms with Crippen molar-refractivity contribution >= 4 is 40.0 Å². The van der Waals surface area contributed by atoms with Gasteiger partial charge in [0.05, 0.1) is 11.1 Å². The summed E-state index contributed by atoms with van der Waals surface area (Å²) < 4.78 is 1.86. The largest absolute Gasteiger partial charge is 0.465 e. The Hall–Kier alpha value is -4.18. The lowest BCUT2D eigenvalue weighted by Gasteiger charge is -2.28. The molecule has 1 fully saturated rings. The first-order valence-corrected chi connectivity index (χ1v) is 12.0. The van der Waals surface area contributed by atoms with Gasteiger partial charge in [-0.3, -0.25) is 14.0 Å². The van der Waals surface area contributed by atoms with E-state index in [0.717, 1.165) is 15.4 Å². The Morgan fingerprint density at radius 3 is 2.43 bits per heavy atom. The predicted octanol–water partition coefficient (Wildman–Crippen LogP) is 4.00. The first kappa shape index (κ1) is 22.6. The first-order chi connectivity index (χ1) is 17.0. The molecule has 0 unspecified atom stereocenters. The Morgan fingerprint density at radius 1 is 1.03 bits per heavy atom. The summed E-state index contributed by atoms with van der Waals surface area (Å²) in [4.78, 5) is 45.6. The second-order valence-corrected chi connectivity index (χ2v) is 9.26. The van der Waals surface area contributed by atoms with Crippen LogP contribution in [0.3, 0.4) is 0 Å². The first-order valence-electron chi connectivity index (χ1n) is 11.2. The van der Waals surface area contributed by atoms with Gasteiger partial charge in [0, 0.05) is 12.7 Å². The highest BCUT2D eigenvalue weighted by atomic mass is 32.1. The molecule has 4 aromatic rings. The number of likely N-dealkylation sites (tertiary alicyclic amines) is 1. The van der Waals surface area contributed by atoms with Gasteiger partial charge in [-0.15, -0.1) is 0 Å². The number of rotatable bonds is 6. The van der Waals surface area contributed by atoms with Crippen LogP contribution in [0, 0.1) is 0 Å². The van der Waals surface area contributed by atoms with Gasteiger partial charge in [-0.25, -0.2) is 9.78 Å². The number of aromatic nitrogens is 2. The van der Waals surface area contributed by atoms with Crippen LogP contribution in [0.5, 0.6) is 0 Å². The van der Waals surface area contributed by atoms with Crippen LogP contribution in [0.2, 0.25) is 0 Å². The van der Waals surface area contributed by atoms with E-state index in [0.29, 0.717) is 30.8 Å².